The molecule has 2 N–H and O–H groups in total. The molecule has 2 amide bonds. The number of carbonyl (C=O) groups excluding carboxylic acids is 2. The largest absolute Gasteiger partial charge is 0.497 e. The molecule has 132 valence electrons. The molecule has 0 aromatic heterocycles. The molecule has 25 heavy (non-hydrogen) atoms. The third kappa shape index (κ3) is 4.73. The highest BCUT2D eigenvalue weighted by atomic mass is 35.5. The van der Waals surface area contributed by atoms with Crippen molar-refractivity contribution >= 4 is 29.1 Å². The summed E-state index contributed by atoms with van der Waals surface area (Å²) >= 11 is 6.08. The number of amides is 2. The van der Waals surface area contributed by atoms with Gasteiger partial charge in [-0.1, -0.05) is 35.9 Å². The molecule has 0 saturated heterocycles. The summed E-state index contributed by atoms with van der Waals surface area (Å²) in [6.07, 6.45) is 0. The Morgan fingerprint density at radius 1 is 1.08 bits per heavy atom. The van der Waals surface area contributed by atoms with Crippen LogP contribution in [0.3, 0.4) is 0 Å². The number of hydrogen-bond donors (Lipinski definition) is 2. The second kappa shape index (κ2) is 8.03. The fraction of sp³-hybridized carbons (Fsp3) is 0.263. The van der Waals surface area contributed by atoms with Crippen LogP contribution < -0.4 is 15.4 Å². The average molecular weight is 361 g/mol. The van der Waals surface area contributed by atoms with Crippen molar-refractivity contribution in [3.05, 3.63) is 59.1 Å². The molecule has 0 spiro atoms. The summed E-state index contributed by atoms with van der Waals surface area (Å²) in [5.41, 5.74) is 0.113. The molecule has 0 aliphatic heterocycles. The van der Waals surface area contributed by atoms with E-state index >= 15 is 0 Å². The zero-order chi connectivity index (χ0) is 18.4. The number of ether oxygens (including phenoxy) is 1. The van der Waals surface area contributed by atoms with Gasteiger partial charge in [0, 0.05) is 23.3 Å². The first-order chi connectivity index (χ1) is 11.8. The Morgan fingerprint density at radius 3 is 2.48 bits per heavy atom. The number of halogens is 1. The van der Waals surface area contributed by atoms with Crippen LogP contribution in [0.1, 0.15) is 19.4 Å². The maximum atomic E-state index is 12.5. The molecule has 0 aliphatic carbocycles. The van der Waals surface area contributed by atoms with Crippen LogP contribution in [-0.4, -0.2) is 18.9 Å². The van der Waals surface area contributed by atoms with Crippen LogP contribution in [0.4, 0.5) is 5.69 Å². The summed E-state index contributed by atoms with van der Waals surface area (Å²) in [6, 6.07) is 14.2. The van der Waals surface area contributed by atoms with Gasteiger partial charge in [-0.05, 0) is 37.6 Å². The van der Waals surface area contributed by atoms with Crippen LogP contribution >= 0.6 is 11.6 Å². The Balaban J connectivity index is 2.01. The molecule has 0 bridgehead atoms. The van der Waals surface area contributed by atoms with Crippen molar-refractivity contribution in [3.63, 3.8) is 0 Å². The van der Waals surface area contributed by atoms with Gasteiger partial charge in [0.05, 0.1) is 7.11 Å². The van der Waals surface area contributed by atoms with Gasteiger partial charge in [-0.15, -0.1) is 0 Å². The predicted molar refractivity (Wildman–Crippen MR) is 98.7 cm³/mol. The third-order valence-electron chi connectivity index (χ3n) is 3.86. The molecule has 0 saturated carbocycles. The third-order valence-corrected chi connectivity index (χ3v) is 4.23. The lowest BCUT2D eigenvalue weighted by Gasteiger charge is -2.23. The molecule has 0 aliphatic rings. The lowest BCUT2D eigenvalue weighted by Crippen LogP contribution is -2.44. The Morgan fingerprint density at radius 2 is 1.80 bits per heavy atom. The number of benzene rings is 2. The van der Waals surface area contributed by atoms with Gasteiger partial charge in [-0.25, -0.2) is 0 Å². The standard InChI is InChI=1S/C19H21ClN2O3/c1-19(2,17(23)21-12-13-7-4-5-10-16(13)20)18(24)22-14-8-6-9-15(11-14)25-3/h4-11H,12H2,1-3H3,(H,21,23)(H,22,24). The van der Waals surface area contributed by atoms with E-state index in [2.05, 4.69) is 10.6 Å². The van der Waals surface area contributed by atoms with Crippen molar-refractivity contribution in [1.29, 1.82) is 0 Å². The van der Waals surface area contributed by atoms with E-state index in [-0.39, 0.29) is 12.5 Å². The molecule has 6 heteroatoms. The van der Waals surface area contributed by atoms with Crippen LogP contribution in [0.5, 0.6) is 5.75 Å². The Hall–Kier alpha value is -2.53. The molecule has 0 unspecified atom stereocenters. The van der Waals surface area contributed by atoms with E-state index in [4.69, 9.17) is 16.3 Å². The molecule has 0 fully saturated rings. The fourth-order valence-corrected chi connectivity index (χ4v) is 2.33. The van der Waals surface area contributed by atoms with Gasteiger partial charge in [-0.2, -0.15) is 0 Å². The number of methoxy groups -OCH3 is 1. The van der Waals surface area contributed by atoms with E-state index in [1.807, 2.05) is 18.2 Å². The zero-order valence-corrected chi connectivity index (χ0v) is 15.2. The number of hydrogen-bond acceptors (Lipinski definition) is 3. The van der Waals surface area contributed by atoms with Crippen molar-refractivity contribution < 1.29 is 14.3 Å². The van der Waals surface area contributed by atoms with Crippen LogP contribution in [0.25, 0.3) is 0 Å². The van der Waals surface area contributed by atoms with Gasteiger partial charge in [-0.3, -0.25) is 9.59 Å². The molecule has 5 nitrogen and oxygen atoms in total. The highest BCUT2D eigenvalue weighted by Crippen LogP contribution is 2.22. The summed E-state index contributed by atoms with van der Waals surface area (Å²) in [7, 11) is 1.55. The maximum absolute atomic E-state index is 12.5. The number of carbonyl (C=O) groups is 2. The summed E-state index contributed by atoms with van der Waals surface area (Å²) in [6.45, 7) is 3.41. The van der Waals surface area contributed by atoms with E-state index in [0.717, 1.165) is 5.56 Å². The lowest BCUT2D eigenvalue weighted by atomic mass is 9.90. The Bertz CT molecular complexity index is 775. The Labute approximate surface area is 152 Å². The molecular formula is C19H21ClN2O3. The SMILES string of the molecule is COc1cccc(NC(=O)C(C)(C)C(=O)NCc2ccccc2Cl)c1. The van der Waals surface area contributed by atoms with Crippen molar-refractivity contribution in [2.24, 2.45) is 5.41 Å². The topological polar surface area (TPSA) is 67.4 Å². The lowest BCUT2D eigenvalue weighted by molar-refractivity contribution is -0.138. The first-order valence-electron chi connectivity index (χ1n) is 7.82. The Kier molecular flexibility index (Phi) is 6.04. The molecule has 2 aromatic carbocycles. The average Bonchev–Trinajstić information content (AvgIpc) is 2.60. The van der Waals surface area contributed by atoms with E-state index in [9.17, 15) is 9.59 Å². The first-order valence-corrected chi connectivity index (χ1v) is 8.19. The highest BCUT2D eigenvalue weighted by molar-refractivity contribution is 6.31. The minimum Gasteiger partial charge on any atom is -0.497 e. The van der Waals surface area contributed by atoms with Crippen LogP contribution in [0, 0.1) is 5.41 Å². The van der Waals surface area contributed by atoms with Crippen molar-refractivity contribution in [2.75, 3.05) is 12.4 Å². The van der Waals surface area contributed by atoms with E-state index in [1.54, 1.807) is 51.3 Å². The first kappa shape index (κ1) is 18.8. The van der Waals surface area contributed by atoms with Gasteiger partial charge in [0.15, 0.2) is 0 Å². The van der Waals surface area contributed by atoms with Crippen LogP contribution in [-0.2, 0) is 16.1 Å². The monoisotopic (exact) mass is 360 g/mol. The van der Waals surface area contributed by atoms with E-state index < -0.39 is 11.3 Å². The molecule has 0 radical (unpaired) electrons. The van der Waals surface area contributed by atoms with Crippen LogP contribution in [0.15, 0.2) is 48.5 Å². The second-order valence-corrected chi connectivity index (χ2v) is 6.49. The second-order valence-electron chi connectivity index (χ2n) is 6.09. The molecular weight excluding hydrogens is 340 g/mol. The molecule has 2 rings (SSSR count). The van der Waals surface area contributed by atoms with E-state index in [1.165, 1.54) is 0 Å². The smallest absolute Gasteiger partial charge is 0.239 e. The highest BCUT2D eigenvalue weighted by Gasteiger charge is 2.36. The summed E-state index contributed by atoms with van der Waals surface area (Å²) in [5.74, 6) is -0.163. The molecule has 2 aromatic rings. The van der Waals surface area contributed by atoms with Gasteiger partial charge in [0.2, 0.25) is 11.8 Å². The van der Waals surface area contributed by atoms with Gasteiger partial charge >= 0.3 is 0 Å². The minimum atomic E-state index is -1.25. The summed E-state index contributed by atoms with van der Waals surface area (Å²) in [5, 5.41) is 6.07. The minimum absolute atomic E-state index is 0.258. The van der Waals surface area contributed by atoms with Crippen molar-refractivity contribution in [2.45, 2.75) is 20.4 Å². The number of anilines is 1. The zero-order valence-electron chi connectivity index (χ0n) is 14.4. The predicted octanol–water partition coefficient (Wildman–Crippen LogP) is 3.63. The van der Waals surface area contributed by atoms with E-state index in [0.29, 0.717) is 16.5 Å². The quantitative estimate of drug-likeness (QED) is 0.773. The summed E-state index contributed by atoms with van der Waals surface area (Å²) < 4.78 is 5.13. The molecule has 0 heterocycles. The molecule has 0 atom stereocenters. The number of rotatable bonds is 6. The van der Waals surface area contributed by atoms with Gasteiger partial charge in [0.25, 0.3) is 0 Å². The van der Waals surface area contributed by atoms with Gasteiger partial charge in [0.1, 0.15) is 11.2 Å². The summed E-state index contributed by atoms with van der Waals surface area (Å²) in [4.78, 5) is 25.0. The normalized spacial score (nSPS) is 10.9. The van der Waals surface area contributed by atoms with Gasteiger partial charge < -0.3 is 15.4 Å². The van der Waals surface area contributed by atoms with Crippen molar-refractivity contribution in [1.82, 2.24) is 5.32 Å². The van der Waals surface area contributed by atoms with Crippen molar-refractivity contribution in [3.8, 4) is 5.75 Å². The number of nitrogens with one attached hydrogen (secondary N) is 2. The maximum Gasteiger partial charge on any atom is 0.239 e. The van der Waals surface area contributed by atoms with Crippen LogP contribution in [0.2, 0.25) is 5.02 Å². The fourth-order valence-electron chi connectivity index (χ4n) is 2.13.